The second kappa shape index (κ2) is 3.61. The third kappa shape index (κ3) is 1.75. The Morgan fingerprint density at radius 1 is 1.07 bits per heavy atom. The van der Waals surface area contributed by atoms with Crippen LogP contribution in [0.1, 0.15) is 38.7 Å². The van der Waals surface area contributed by atoms with Crippen LogP contribution in [-0.2, 0) is 0 Å². The molecule has 0 saturated heterocycles. The monoisotopic (exact) mass is 186 g/mol. The molecule has 2 rings (SSSR count). The molecule has 0 saturated carbocycles. The largest absolute Gasteiger partial charge is 0.0802 e. The lowest BCUT2D eigenvalue weighted by Gasteiger charge is -2.32. The minimum atomic E-state index is 0.361. The van der Waals surface area contributed by atoms with Crippen molar-refractivity contribution in [2.45, 2.75) is 33.1 Å². The second-order valence-corrected chi connectivity index (χ2v) is 4.76. The molecule has 0 nitrogen and oxygen atoms in total. The maximum atomic E-state index is 2.42. The summed E-state index contributed by atoms with van der Waals surface area (Å²) in [7, 11) is 0. The molecule has 1 aromatic rings. The molecule has 0 heterocycles. The molecule has 0 bridgehead atoms. The topological polar surface area (TPSA) is 0 Å². The summed E-state index contributed by atoms with van der Waals surface area (Å²) in [6, 6.07) is 10.8. The van der Waals surface area contributed by atoms with E-state index in [-0.39, 0.29) is 0 Å². The second-order valence-electron chi connectivity index (χ2n) is 4.76. The van der Waals surface area contributed by atoms with E-state index in [1.807, 2.05) is 0 Å². The first-order valence-corrected chi connectivity index (χ1v) is 5.46. The first-order chi connectivity index (χ1) is 6.70. The van der Waals surface area contributed by atoms with Crippen molar-refractivity contribution in [3.63, 3.8) is 0 Å². The van der Waals surface area contributed by atoms with Crippen LogP contribution in [0.15, 0.2) is 36.4 Å². The molecule has 0 fully saturated rings. The van der Waals surface area contributed by atoms with Gasteiger partial charge in [0.1, 0.15) is 0 Å². The van der Waals surface area contributed by atoms with Gasteiger partial charge in [-0.25, -0.2) is 0 Å². The quantitative estimate of drug-likeness (QED) is 0.614. The first-order valence-electron chi connectivity index (χ1n) is 5.46. The minimum Gasteiger partial charge on any atom is -0.0802 e. The van der Waals surface area contributed by atoms with Gasteiger partial charge in [-0.3, -0.25) is 0 Å². The highest BCUT2D eigenvalue weighted by Gasteiger charge is 2.26. The first kappa shape index (κ1) is 9.51. The van der Waals surface area contributed by atoms with Gasteiger partial charge in [0.2, 0.25) is 0 Å². The molecule has 0 spiro atoms. The van der Waals surface area contributed by atoms with Crippen molar-refractivity contribution in [3.8, 4) is 0 Å². The Balaban J connectivity index is 2.38. The maximum Gasteiger partial charge on any atom is -0.0101 e. The van der Waals surface area contributed by atoms with E-state index in [1.54, 1.807) is 0 Å². The lowest BCUT2D eigenvalue weighted by molar-refractivity contribution is 0.425. The van der Waals surface area contributed by atoms with E-state index >= 15 is 0 Å². The Bertz CT molecular complexity index is 330. The Morgan fingerprint density at radius 2 is 1.79 bits per heavy atom. The van der Waals surface area contributed by atoms with Crippen molar-refractivity contribution >= 4 is 5.57 Å². The molecule has 0 heteroatoms. The Labute approximate surface area is 86.7 Å². The molecule has 0 radical (unpaired) electrons. The van der Waals surface area contributed by atoms with Gasteiger partial charge < -0.3 is 0 Å². The van der Waals surface area contributed by atoms with E-state index in [0.717, 1.165) is 0 Å². The summed E-state index contributed by atoms with van der Waals surface area (Å²) < 4.78 is 0. The fourth-order valence-corrected chi connectivity index (χ4v) is 2.33. The van der Waals surface area contributed by atoms with Crippen LogP contribution in [-0.4, -0.2) is 0 Å². The Kier molecular flexibility index (Phi) is 2.45. The number of rotatable bonds is 1. The van der Waals surface area contributed by atoms with Crippen LogP contribution in [0.4, 0.5) is 0 Å². The lowest BCUT2D eigenvalue weighted by atomic mass is 9.73. The summed E-state index contributed by atoms with van der Waals surface area (Å²) in [5.74, 6) is 0. The zero-order valence-corrected chi connectivity index (χ0v) is 9.09. The molecule has 1 aliphatic rings. The fraction of sp³-hybridized carbons (Fsp3) is 0.429. The Morgan fingerprint density at radius 3 is 2.43 bits per heavy atom. The van der Waals surface area contributed by atoms with Gasteiger partial charge in [0.15, 0.2) is 0 Å². The van der Waals surface area contributed by atoms with Gasteiger partial charge >= 0.3 is 0 Å². The third-order valence-electron chi connectivity index (χ3n) is 3.17. The summed E-state index contributed by atoms with van der Waals surface area (Å²) in [5, 5.41) is 0. The molecule has 1 aromatic carbocycles. The van der Waals surface area contributed by atoms with E-state index in [4.69, 9.17) is 0 Å². The summed E-state index contributed by atoms with van der Waals surface area (Å²) in [5.41, 5.74) is 3.29. The van der Waals surface area contributed by atoms with E-state index in [0.29, 0.717) is 5.41 Å². The van der Waals surface area contributed by atoms with Gasteiger partial charge in [0.05, 0.1) is 0 Å². The molecular formula is C14H18. The number of benzene rings is 1. The molecule has 0 atom stereocenters. The average molecular weight is 186 g/mol. The average Bonchev–Trinajstić information content (AvgIpc) is 2.18. The molecular weight excluding hydrogens is 168 g/mol. The number of hydrogen-bond acceptors (Lipinski definition) is 0. The van der Waals surface area contributed by atoms with Crippen LogP contribution in [0.3, 0.4) is 0 Å². The van der Waals surface area contributed by atoms with E-state index < -0.39 is 0 Å². The van der Waals surface area contributed by atoms with Crippen LogP contribution in [0.5, 0.6) is 0 Å². The molecule has 14 heavy (non-hydrogen) atoms. The smallest absolute Gasteiger partial charge is 0.0101 e. The van der Waals surface area contributed by atoms with Gasteiger partial charge in [-0.2, -0.15) is 0 Å². The Hall–Kier alpha value is -1.04. The molecule has 0 aromatic heterocycles. The summed E-state index contributed by atoms with van der Waals surface area (Å²) in [6.45, 7) is 4.70. The van der Waals surface area contributed by atoms with Crippen molar-refractivity contribution in [1.82, 2.24) is 0 Å². The van der Waals surface area contributed by atoms with Crippen molar-refractivity contribution in [3.05, 3.63) is 42.0 Å². The number of allylic oxidation sites excluding steroid dienone is 2. The van der Waals surface area contributed by atoms with Gasteiger partial charge in [0.25, 0.3) is 0 Å². The normalized spacial score (nSPS) is 20.3. The molecule has 0 amide bonds. The van der Waals surface area contributed by atoms with E-state index in [9.17, 15) is 0 Å². The van der Waals surface area contributed by atoms with Crippen LogP contribution in [0.2, 0.25) is 0 Å². The predicted octanol–water partition coefficient (Wildman–Crippen LogP) is 4.28. The third-order valence-corrected chi connectivity index (χ3v) is 3.17. The molecule has 0 N–H and O–H groups in total. The van der Waals surface area contributed by atoms with Crippen LogP contribution >= 0.6 is 0 Å². The van der Waals surface area contributed by atoms with Crippen LogP contribution in [0.25, 0.3) is 5.57 Å². The lowest BCUT2D eigenvalue weighted by Crippen LogP contribution is -2.16. The van der Waals surface area contributed by atoms with Gasteiger partial charge in [-0.1, -0.05) is 50.3 Å². The zero-order valence-electron chi connectivity index (χ0n) is 9.09. The molecule has 1 aliphatic carbocycles. The highest BCUT2D eigenvalue weighted by Crippen LogP contribution is 2.42. The summed E-state index contributed by atoms with van der Waals surface area (Å²) in [6.07, 6.45) is 6.31. The van der Waals surface area contributed by atoms with Crippen LogP contribution in [0, 0.1) is 5.41 Å². The van der Waals surface area contributed by atoms with Gasteiger partial charge in [-0.05, 0) is 35.8 Å². The van der Waals surface area contributed by atoms with Crippen molar-refractivity contribution < 1.29 is 0 Å². The summed E-state index contributed by atoms with van der Waals surface area (Å²) in [4.78, 5) is 0. The zero-order chi connectivity index (χ0) is 10.0. The van der Waals surface area contributed by atoms with Gasteiger partial charge in [0, 0.05) is 0 Å². The molecule has 0 aliphatic heterocycles. The fourth-order valence-electron chi connectivity index (χ4n) is 2.33. The molecule has 0 unspecified atom stereocenters. The standard InChI is InChI=1S/C14H18/c1-14(2)11-7-6-10-13(14)12-8-4-3-5-9-12/h3-5,8-10H,6-7,11H2,1-2H3. The minimum absolute atomic E-state index is 0.361. The SMILES string of the molecule is CC1(C)CCCC=C1c1ccccc1. The molecule has 74 valence electrons. The highest BCUT2D eigenvalue weighted by molar-refractivity contribution is 5.70. The van der Waals surface area contributed by atoms with Crippen molar-refractivity contribution in [2.24, 2.45) is 5.41 Å². The van der Waals surface area contributed by atoms with E-state index in [1.165, 1.54) is 30.4 Å². The van der Waals surface area contributed by atoms with Crippen molar-refractivity contribution in [1.29, 1.82) is 0 Å². The predicted molar refractivity (Wildman–Crippen MR) is 62.1 cm³/mol. The van der Waals surface area contributed by atoms with E-state index in [2.05, 4.69) is 50.3 Å². The van der Waals surface area contributed by atoms with Crippen LogP contribution < -0.4 is 0 Å². The summed E-state index contributed by atoms with van der Waals surface area (Å²) >= 11 is 0. The van der Waals surface area contributed by atoms with Gasteiger partial charge in [-0.15, -0.1) is 0 Å². The maximum absolute atomic E-state index is 2.42. The van der Waals surface area contributed by atoms with Crippen molar-refractivity contribution in [2.75, 3.05) is 0 Å². The number of hydrogen-bond donors (Lipinski definition) is 0. The highest BCUT2D eigenvalue weighted by atomic mass is 14.3.